The first kappa shape index (κ1) is 19.2. The first-order valence-electron chi connectivity index (χ1n) is 9.96. The molecule has 0 aliphatic carbocycles. The molecule has 0 unspecified atom stereocenters. The van der Waals surface area contributed by atoms with Crippen molar-refractivity contribution in [1.82, 2.24) is 9.78 Å². The predicted molar refractivity (Wildman–Crippen MR) is 113 cm³/mol. The van der Waals surface area contributed by atoms with Gasteiger partial charge < -0.3 is 10.2 Å². The van der Waals surface area contributed by atoms with E-state index >= 15 is 0 Å². The highest BCUT2D eigenvalue weighted by atomic mass is 19.1. The zero-order valence-electron chi connectivity index (χ0n) is 16.8. The molecule has 1 saturated heterocycles. The van der Waals surface area contributed by atoms with Crippen molar-refractivity contribution in [1.29, 1.82) is 0 Å². The molecule has 6 heteroatoms. The van der Waals surface area contributed by atoms with E-state index in [9.17, 15) is 9.18 Å². The van der Waals surface area contributed by atoms with Crippen molar-refractivity contribution in [3.05, 3.63) is 76.9 Å². The Morgan fingerprint density at radius 2 is 1.83 bits per heavy atom. The number of carbonyl (C=O) groups is 1. The minimum atomic E-state index is -0.413. The third kappa shape index (κ3) is 4.16. The zero-order valence-corrected chi connectivity index (χ0v) is 16.8. The average molecular weight is 392 g/mol. The Hall–Kier alpha value is -3.15. The second kappa shape index (κ2) is 8.07. The van der Waals surface area contributed by atoms with Crippen LogP contribution in [-0.2, 0) is 6.54 Å². The Balaban J connectivity index is 1.50. The largest absolute Gasteiger partial charge is 0.370 e. The SMILES string of the molecule is Cc1cc(C)n(Cc2ccc(C(=O)Nc3c(F)cccc3N3CCCC3)cc2)n1. The molecule has 1 aromatic heterocycles. The maximum atomic E-state index is 14.5. The van der Waals surface area contributed by atoms with Gasteiger partial charge in [-0.2, -0.15) is 5.10 Å². The van der Waals surface area contributed by atoms with Gasteiger partial charge in [-0.15, -0.1) is 0 Å². The number of hydrogen-bond donors (Lipinski definition) is 1. The van der Waals surface area contributed by atoms with Crippen LogP contribution < -0.4 is 10.2 Å². The van der Waals surface area contributed by atoms with Crippen LogP contribution in [0.4, 0.5) is 15.8 Å². The van der Waals surface area contributed by atoms with Crippen LogP contribution in [-0.4, -0.2) is 28.8 Å². The van der Waals surface area contributed by atoms with Gasteiger partial charge in [-0.25, -0.2) is 4.39 Å². The van der Waals surface area contributed by atoms with Gasteiger partial charge in [0, 0.05) is 24.3 Å². The van der Waals surface area contributed by atoms with Crippen LogP contribution in [0.1, 0.15) is 40.2 Å². The van der Waals surface area contributed by atoms with Crippen molar-refractivity contribution in [3.63, 3.8) is 0 Å². The Morgan fingerprint density at radius 3 is 2.48 bits per heavy atom. The van der Waals surface area contributed by atoms with E-state index < -0.39 is 5.82 Å². The van der Waals surface area contributed by atoms with E-state index in [1.54, 1.807) is 18.2 Å². The molecule has 29 heavy (non-hydrogen) atoms. The first-order chi connectivity index (χ1) is 14.0. The number of benzene rings is 2. The van der Waals surface area contributed by atoms with E-state index in [0.29, 0.717) is 12.1 Å². The fourth-order valence-corrected chi connectivity index (χ4v) is 3.81. The molecule has 4 rings (SSSR count). The summed E-state index contributed by atoms with van der Waals surface area (Å²) >= 11 is 0. The summed E-state index contributed by atoms with van der Waals surface area (Å²) in [6.45, 7) is 6.40. The summed E-state index contributed by atoms with van der Waals surface area (Å²) in [5.74, 6) is -0.725. The molecule has 2 heterocycles. The number of hydrogen-bond acceptors (Lipinski definition) is 3. The van der Waals surface area contributed by atoms with Crippen LogP contribution in [0.2, 0.25) is 0 Å². The monoisotopic (exact) mass is 392 g/mol. The van der Waals surface area contributed by atoms with E-state index in [2.05, 4.69) is 15.3 Å². The Morgan fingerprint density at radius 1 is 1.10 bits per heavy atom. The highest BCUT2D eigenvalue weighted by Gasteiger charge is 2.20. The van der Waals surface area contributed by atoms with Crippen molar-refractivity contribution in [3.8, 4) is 0 Å². The first-order valence-corrected chi connectivity index (χ1v) is 9.96. The van der Waals surface area contributed by atoms with Crippen LogP contribution >= 0.6 is 0 Å². The van der Waals surface area contributed by atoms with Gasteiger partial charge in [0.05, 0.1) is 17.9 Å². The molecule has 1 amide bonds. The number of nitrogens with one attached hydrogen (secondary N) is 1. The molecule has 2 aromatic carbocycles. The summed E-state index contributed by atoms with van der Waals surface area (Å²) in [4.78, 5) is 14.9. The van der Waals surface area contributed by atoms with E-state index in [4.69, 9.17) is 0 Å². The molecule has 1 N–H and O–H groups in total. The van der Waals surface area contributed by atoms with Crippen molar-refractivity contribution < 1.29 is 9.18 Å². The standard InChI is InChI=1S/C23H25FN4O/c1-16-14-17(2)28(26-16)15-18-8-10-19(11-9-18)23(29)25-22-20(24)6-5-7-21(22)27-12-3-4-13-27/h5-11,14H,3-4,12-13,15H2,1-2H3,(H,25,29). The maximum absolute atomic E-state index is 14.5. The molecular formula is C23H25FN4O. The molecule has 0 bridgehead atoms. The lowest BCUT2D eigenvalue weighted by molar-refractivity contribution is 0.102. The lowest BCUT2D eigenvalue weighted by Crippen LogP contribution is -2.22. The number of nitrogens with zero attached hydrogens (tertiary/aromatic N) is 3. The van der Waals surface area contributed by atoms with Gasteiger partial charge in [-0.1, -0.05) is 18.2 Å². The van der Waals surface area contributed by atoms with E-state index in [1.165, 1.54) is 6.07 Å². The third-order valence-electron chi connectivity index (χ3n) is 5.33. The molecule has 5 nitrogen and oxygen atoms in total. The fraction of sp³-hybridized carbons (Fsp3) is 0.304. The Bertz CT molecular complexity index is 1020. The number of aromatic nitrogens is 2. The molecule has 0 atom stereocenters. The number of amides is 1. The van der Waals surface area contributed by atoms with Crippen LogP contribution in [0.3, 0.4) is 0 Å². The van der Waals surface area contributed by atoms with Crippen molar-refractivity contribution in [2.45, 2.75) is 33.2 Å². The zero-order chi connectivity index (χ0) is 20.4. The van der Waals surface area contributed by atoms with Gasteiger partial charge in [0.2, 0.25) is 0 Å². The normalized spacial score (nSPS) is 13.7. The van der Waals surface area contributed by atoms with Crippen molar-refractivity contribution >= 4 is 17.3 Å². The number of para-hydroxylation sites is 1. The number of halogens is 1. The molecule has 1 aliphatic rings. The van der Waals surface area contributed by atoms with Gasteiger partial charge >= 0.3 is 0 Å². The van der Waals surface area contributed by atoms with Gasteiger partial charge in [0.1, 0.15) is 11.5 Å². The minimum absolute atomic E-state index is 0.256. The molecule has 3 aromatic rings. The van der Waals surface area contributed by atoms with E-state index in [-0.39, 0.29) is 11.6 Å². The van der Waals surface area contributed by atoms with Crippen LogP contribution in [0.15, 0.2) is 48.5 Å². The van der Waals surface area contributed by atoms with Gasteiger partial charge in [0.15, 0.2) is 0 Å². The topological polar surface area (TPSA) is 50.2 Å². The number of rotatable bonds is 5. The second-order valence-electron chi connectivity index (χ2n) is 7.56. The van der Waals surface area contributed by atoms with E-state index in [1.807, 2.05) is 42.8 Å². The molecule has 1 aliphatic heterocycles. The molecule has 0 radical (unpaired) electrons. The van der Waals surface area contributed by atoms with Crippen molar-refractivity contribution in [2.75, 3.05) is 23.3 Å². The molecule has 0 spiro atoms. The highest BCUT2D eigenvalue weighted by molar-refractivity contribution is 6.06. The quantitative estimate of drug-likeness (QED) is 0.694. The molecule has 1 fully saturated rings. The molecule has 0 saturated carbocycles. The summed E-state index contributed by atoms with van der Waals surface area (Å²) < 4.78 is 16.4. The number of anilines is 2. The van der Waals surface area contributed by atoms with Gasteiger partial charge in [0.25, 0.3) is 5.91 Å². The average Bonchev–Trinajstić information content (AvgIpc) is 3.34. The fourth-order valence-electron chi connectivity index (χ4n) is 3.81. The summed E-state index contributed by atoms with van der Waals surface area (Å²) in [5, 5.41) is 7.25. The lowest BCUT2D eigenvalue weighted by Gasteiger charge is -2.22. The van der Waals surface area contributed by atoms with Crippen molar-refractivity contribution in [2.24, 2.45) is 0 Å². The summed E-state index contributed by atoms with van der Waals surface area (Å²) in [5.41, 5.74) is 4.63. The molecular weight excluding hydrogens is 367 g/mol. The minimum Gasteiger partial charge on any atom is -0.370 e. The number of carbonyl (C=O) groups excluding carboxylic acids is 1. The summed E-state index contributed by atoms with van der Waals surface area (Å²) in [7, 11) is 0. The van der Waals surface area contributed by atoms with E-state index in [0.717, 1.165) is 48.6 Å². The Labute approximate surface area is 170 Å². The summed E-state index contributed by atoms with van der Waals surface area (Å²) in [6.07, 6.45) is 2.17. The van der Waals surface area contributed by atoms with Crippen LogP contribution in [0.25, 0.3) is 0 Å². The molecule has 150 valence electrons. The van der Waals surface area contributed by atoms with Crippen LogP contribution in [0.5, 0.6) is 0 Å². The predicted octanol–water partition coefficient (Wildman–Crippen LogP) is 4.54. The number of aryl methyl sites for hydroxylation is 2. The highest BCUT2D eigenvalue weighted by Crippen LogP contribution is 2.31. The second-order valence-corrected chi connectivity index (χ2v) is 7.56. The maximum Gasteiger partial charge on any atom is 0.255 e. The third-order valence-corrected chi connectivity index (χ3v) is 5.33. The van der Waals surface area contributed by atoms with Gasteiger partial charge in [-0.05, 0) is 62.6 Å². The van der Waals surface area contributed by atoms with Gasteiger partial charge in [-0.3, -0.25) is 9.48 Å². The summed E-state index contributed by atoms with van der Waals surface area (Å²) in [6, 6.07) is 14.3. The smallest absolute Gasteiger partial charge is 0.255 e. The van der Waals surface area contributed by atoms with Crippen LogP contribution in [0, 0.1) is 19.7 Å². The lowest BCUT2D eigenvalue weighted by atomic mass is 10.1. The Kier molecular flexibility index (Phi) is 5.34.